The van der Waals surface area contributed by atoms with E-state index in [0.717, 1.165) is 16.7 Å². The van der Waals surface area contributed by atoms with Crippen LogP contribution in [0.25, 0.3) is 0 Å². The lowest BCUT2D eigenvalue weighted by molar-refractivity contribution is 0.0504. The molecule has 2 N–H and O–H groups in total. The van der Waals surface area contributed by atoms with Crippen molar-refractivity contribution in [1.82, 2.24) is 14.9 Å². The summed E-state index contributed by atoms with van der Waals surface area (Å²) >= 11 is 1.08. The molecule has 1 heterocycles. The summed E-state index contributed by atoms with van der Waals surface area (Å²) in [7, 11) is 0. The zero-order chi connectivity index (χ0) is 15.3. The molecule has 0 saturated heterocycles. The lowest BCUT2D eigenvalue weighted by Gasteiger charge is -2.22. The highest BCUT2D eigenvalue weighted by molar-refractivity contribution is 7.98. The minimum absolute atomic E-state index is 0.0752. The van der Waals surface area contributed by atoms with Gasteiger partial charge in [-0.2, -0.15) is 4.98 Å². The van der Waals surface area contributed by atoms with E-state index in [0.29, 0.717) is 0 Å². The van der Waals surface area contributed by atoms with Crippen LogP contribution in [0.3, 0.4) is 0 Å². The monoisotopic (exact) mass is 307 g/mol. The van der Waals surface area contributed by atoms with Gasteiger partial charge in [0.15, 0.2) is 0 Å². The van der Waals surface area contributed by atoms with Crippen molar-refractivity contribution in [2.75, 3.05) is 26.0 Å². The van der Waals surface area contributed by atoms with E-state index < -0.39 is 31.2 Å². The molecule has 0 atom stereocenters. The summed E-state index contributed by atoms with van der Waals surface area (Å²) < 4.78 is 25.0. The summed E-state index contributed by atoms with van der Waals surface area (Å²) in [6.45, 7) is 0.0692. The number of aromatic nitrogens is 2. The van der Waals surface area contributed by atoms with Crippen molar-refractivity contribution in [3.05, 3.63) is 21.7 Å². The van der Waals surface area contributed by atoms with Crippen molar-refractivity contribution in [3.8, 4) is 0 Å². The van der Waals surface area contributed by atoms with Gasteiger partial charge in [0.1, 0.15) is 5.03 Å². The van der Waals surface area contributed by atoms with Crippen LogP contribution in [0, 0.1) is 6.92 Å². The molecule has 0 aromatic carbocycles. The van der Waals surface area contributed by atoms with Gasteiger partial charge in [0, 0.05) is 12.2 Å². The Morgan fingerprint density at radius 1 is 1.55 bits per heavy atom. The fourth-order valence-corrected chi connectivity index (χ4v) is 2.30. The van der Waals surface area contributed by atoms with Crippen molar-refractivity contribution in [1.29, 1.82) is 0 Å². The molecule has 0 unspecified atom stereocenters. The van der Waals surface area contributed by atoms with Crippen LogP contribution >= 0.6 is 11.8 Å². The standard InChI is InChI=1S/C11H15F2N3O3S/c1-6-8(9(20-2)15-11(19)14-6)10(18)16(3-4-17)5-7(12)13/h7,17H,3-5H2,1-2H3,(H,14,15,19). The van der Waals surface area contributed by atoms with E-state index in [1.807, 2.05) is 0 Å². The van der Waals surface area contributed by atoms with Crippen LogP contribution in [0.4, 0.5) is 8.78 Å². The number of aryl methyl sites for hydroxylation is 1. The number of aliphatic hydroxyl groups excluding tert-OH is 1. The van der Waals surface area contributed by atoms with E-state index in [2.05, 4.69) is 9.97 Å². The third-order valence-electron chi connectivity index (χ3n) is 2.51. The number of hydrogen-bond donors (Lipinski definition) is 2. The third kappa shape index (κ3) is 4.01. The van der Waals surface area contributed by atoms with Gasteiger partial charge in [-0.1, -0.05) is 0 Å². The topological polar surface area (TPSA) is 86.3 Å². The summed E-state index contributed by atoms with van der Waals surface area (Å²) in [6.07, 6.45) is -1.08. The number of aromatic amines is 1. The van der Waals surface area contributed by atoms with Gasteiger partial charge < -0.3 is 15.0 Å². The summed E-state index contributed by atoms with van der Waals surface area (Å²) in [4.78, 5) is 30.4. The number of thioether (sulfide) groups is 1. The summed E-state index contributed by atoms with van der Waals surface area (Å²) in [5.41, 5.74) is -0.270. The molecule has 0 aliphatic carbocycles. The molecule has 20 heavy (non-hydrogen) atoms. The maximum atomic E-state index is 12.5. The van der Waals surface area contributed by atoms with Gasteiger partial charge in [-0.05, 0) is 13.2 Å². The predicted octanol–water partition coefficient (Wildman–Crippen LogP) is 0.500. The highest BCUT2D eigenvalue weighted by Crippen LogP contribution is 2.20. The average Bonchev–Trinajstić information content (AvgIpc) is 2.36. The molecular formula is C11H15F2N3O3S. The van der Waals surface area contributed by atoms with Crippen LogP contribution in [0.15, 0.2) is 9.82 Å². The first-order valence-electron chi connectivity index (χ1n) is 5.73. The number of rotatable bonds is 6. The molecule has 0 radical (unpaired) electrons. The van der Waals surface area contributed by atoms with Gasteiger partial charge >= 0.3 is 5.69 Å². The molecule has 112 valence electrons. The molecule has 9 heteroatoms. The normalized spacial score (nSPS) is 10.9. The highest BCUT2D eigenvalue weighted by atomic mass is 32.2. The van der Waals surface area contributed by atoms with Crippen molar-refractivity contribution in [2.45, 2.75) is 18.4 Å². The van der Waals surface area contributed by atoms with E-state index in [-0.39, 0.29) is 22.8 Å². The van der Waals surface area contributed by atoms with E-state index in [1.54, 1.807) is 6.26 Å². The molecule has 1 rings (SSSR count). The van der Waals surface area contributed by atoms with Gasteiger partial charge in [-0.3, -0.25) is 4.79 Å². The molecular weight excluding hydrogens is 292 g/mol. The van der Waals surface area contributed by atoms with Crippen molar-refractivity contribution < 1.29 is 18.7 Å². The molecule has 1 amide bonds. The smallest absolute Gasteiger partial charge is 0.346 e. The number of hydrogen-bond acceptors (Lipinski definition) is 5. The van der Waals surface area contributed by atoms with Crippen molar-refractivity contribution in [2.24, 2.45) is 0 Å². The van der Waals surface area contributed by atoms with Crippen LogP contribution in [0.5, 0.6) is 0 Å². The molecule has 0 aliphatic rings. The average molecular weight is 307 g/mol. The summed E-state index contributed by atoms with van der Waals surface area (Å²) in [6, 6.07) is 0. The van der Waals surface area contributed by atoms with Crippen LogP contribution < -0.4 is 5.69 Å². The number of carbonyl (C=O) groups is 1. The van der Waals surface area contributed by atoms with E-state index >= 15 is 0 Å². The quantitative estimate of drug-likeness (QED) is 0.590. The van der Waals surface area contributed by atoms with E-state index in [9.17, 15) is 18.4 Å². The molecule has 0 saturated carbocycles. The number of alkyl halides is 2. The fraction of sp³-hybridized carbons (Fsp3) is 0.545. The first kappa shape index (κ1) is 16.6. The zero-order valence-corrected chi connectivity index (χ0v) is 11.8. The van der Waals surface area contributed by atoms with Gasteiger partial charge in [0.25, 0.3) is 12.3 Å². The predicted molar refractivity (Wildman–Crippen MR) is 70.4 cm³/mol. The highest BCUT2D eigenvalue weighted by Gasteiger charge is 2.24. The Labute approximate surface area is 118 Å². The van der Waals surface area contributed by atoms with E-state index in [1.165, 1.54) is 6.92 Å². The number of carbonyl (C=O) groups excluding carboxylic acids is 1. The largest absolute Gasteiger partial charge is 0.395 e. The number of halogens is 2. The molecule has 0 spiro atoms. The Bertz CT molecular complexity index is 536. The second-order valence-corrected chi connectivity index (χ2v) is 4.71. The molecule has 0 fully saturated rings. The lowest BCUT2D eigenvalue weighted by atomic mass is 10.2. The number of nitrogens with zero attached hydrogens (tertiary/aromatic N) is 2. The maximum absolute atomic E-state index is 12.5. The maximum Gasteiger partial charge on any atom is 0.346 e. The number of aliphatic hydroxyl groups is 1. The Morgan fingerprint density at radius 3 is 2.70 bits per heavy atom. The number of H-pyrrole nitrogens is 1. The summed E-state index contributed by atoms with van der Waals surface area (Å²) in [5.74, 6) is -0.690. The number of nitrogens with one attached hydrogen (secondary N) is 1. The number of amides is 1. The van der Waals surface area contributed by atoms with Crippen LogP contribution in [0.1, 0.15) is 16.1 Å². The van der Waals surface area contributed by atoms with E-state index in [4.69, 9.17) is 5.11 Å². The molecule has 1 aromatic rings. The second kappa shape index (κ2) is 7.34. The summed E-state index contributed by atoms with van der Waals surface area (Å²) in [5, 5.41) is 9.04. The zero-order valence-electron chi connectivity index (χ0n) is 11.0. The first-order chi connectivity index (χ1) is 9.40. The van der Waals surface area contributed by atoms with Gasteiger partial charge in [-0.25, -0.2) is 13.6 Å². The van der Waals surface area contributed by atoms with Crippen molar-refractivity contribution >= 4 is 17.7 Å². The Hall–Kier alpha value is -1.48. The minimum atomic E-state index is -2.71. The fourth-order valence-electron chi connectivity index (χ4n) is 1.68. The van der Waals surface area contributed by atoms with Gasteiger partial charge in [-0.15, -0.1) is 11.8 Å². The second-order valence-electron chi connectivity index (χ2n) is 3.92. The first-order valence-corrected chi connectivity index (χ1v) is 6.96. The molecule has 0 aliphatic heterocycles. The Morgan fingerprint density at radius 2 is 2.20 bits per heavy atom. The van der Waals surface area contributed by atoms with Gasteiger partial charge in [0.2, 0.25) is 0 Å². The molecule has 6 nitrogen and oxygen atoms in total. The van der Waals surface area contributed by atoms with Crippen LogP contribution in [-0.2, 0) is 0 Å². The van der Waals surface area contributed by atoms with Crippen LogP contribution in [0.2, 0.25) is 0 Å². The Kier molecular flexibility index (Phi) is 6.08. The van der Waals surface area contributed by atoms with Gasteiger partial charge in [0.05, 0.1) is 18.7 Å². The van der Waals surface area contributed by atoms with Crippen LogP contribution in [-0.4, -0.2) is 58.3 Å². The Balaban J connectivity index is 3.20. The lowest BCUT2D eigenvalue weighted by Crippen LogP contribution is -2.38. The molecule has 1 aromatic heterocycles. The van der Waals surface area contributed by atoms with Crippen molar-refractivity contribution in [3.63, 3.8) is 0 Å². The SMILES string of the molecule is CSc1nc(=O)[nH]c(C)c1C(=O)N(CCO)CC(F)F. The minimum Gasteiger partial charge on any atom is -0.395 e. The third-order valence-corrected chi connectivity index (χ3v) is 3.19. The molecule has 0 bridgehead atoms.